The summed E-state index contributed by atoms with van der Waals surface area (Å²) in [7, 11) is 0. The summed E-state index contributed by atoms with van der Waals surface area (Å²) >= 11 is 9.88. The number of halogens is 2. The van der Waals surface area contributed by atoms with E-state index in [2.05, 4.69) is 22.6 Å². The van der Waals surface area contributed by atoms with Gasteiger partial charge in [0.2, 0.25) is 0 Å². The summed E-state index contributed by atoms with van der Waals surface area (Å²) in [5.41, 5.74) is 3.46. The van der Waals surface area contributed by atoms with Crippen molar-refractivity contribution in [3.8, 4) is 0 Å². The molecule has 0 saturated carbocycles. The maximum absolute atomic E-state index is 12.5. The molecule has 2 N–H and O–H groups in total. The minimum atomic E-state index is -0.762. The number of carbonyl (C=O) groups excluding carboxylic acids is 1. The molecule has 1 aromatic heterocycles. The molecule has 9 heteroatoms. The van der Waals surface area contributed by atoms with Crippen molar-refractivity contribution in [1.82, 2.24) is 0 Å². The average Bonchev–Trinajstić information content (AvgIpc) is 2.91. The number of esters is 1. The van der Waals surface area contributed by atoms with Crippen LogP contribution in [0.4, 0.5) is 5.00 Å². The zero-order chi connectivity index (χ0) is 22.9. The molecule has 0 spiro atoms. The monoisotopic (exact) mass is 570 g/mol. The highest BCUT2D eigenvalue weighted by Crippen LogP contribution is 2.41. The molecule has 0 fully saturated rings. The van der Waals surface area contributed by atoms with Crippen LogP contribution in [0.1, 0.15) is 43.9 Å². The molecule has 1 aliphatic rings. The van der Waals surface area contributed by atoms with Crippen LogP contribution in [0.5, 0.6) is 0 Å². The number of fused-ring (bicyclic) bond motifs is 1. The Morgan fingerprint density at radius 3 is 2.58 bits per heavy atom. The predicted molar refractivity (Wildman–Crippen MR) is 137 cm³/mol. The van der Waals surface area contributed by atoms with Crippen molar-refractivity contribution in [2.45, 2.75) is 40.2 Å². The molecular weight excluding hydrogens is 547 g/mol. The Balaban J connectivity index is 2.15. The van der Waals surface area contributed by atoms with Gasteiger partial charge in [-0.15, -0.1) is 11.3 Å². The van der Waals surface area contributed by atoms with Gasteiger partial charge in [-0.3, -0.25) is 25.5 Å². The second kappa shape index (κ2) is 9.79. The van der Waals surface area contributed by atoms with Crippen molar-refractivity contribution >= 4 is 73.9 Å². The number of thiophene rings is 1. The number of nitrogens with zero attached hydrogens (tertiary/aromatic N) is 2. The summed E-state index contributed by atoms with van der Waals surface area (Å²) in [4.78, 5) is 19.0. The fourth-order valence-electron chi connectivity index (χ4n) is 3.23. The fraction of sp³-hybridized carbons (Fsp3) is 0.364. The van der Waals surface area contributed by atoms with Gasteiger partial charge in [-0.2, -0.15) is 0 Å². The topological polar surface area (TPSA) is 89.6 Å². The van der Waals surface area contributed by atoms with Crippen LogP contribution in [0.2, 0.25) is 5.02 Å². The number of ether oxygens (including phenoxy) is 1. The lowest BCUT2D eigenvalue weighted by molar-refractivity contribution is -0.144. The summed E-state index contributed by atoms with van der Waals surface area (Å²) in [6, 6.07) is 6.61. The van der Waals surface area contributed by atoms with Crippen molar-refractivity contribution in [2.24, 2.45) is 10.9 Å². The first-order valence-corrected chi connectivity index (χ1v) is 12.1. The van der Waals surface area contributed by atoms with Crippen LogP contribution in [-0.2, 0) is 9.53 Å². The molecule has 0 unspecified atom stereocenters. The summed E-state index contributed by atoms with van der Waals surface area (Å²) < 4.78 is 6.42. The third-order valence-electron chi connectivity index (χ3n) is 4.74. The van der Waals surface area contributed by atoms with Gasteiger partial charge in [-0.05, 0) is 60.1 Å². The van der Waals surface area contributed by atoms with Crippen LogP contribution in [0, 0.1) is 26.5 Å². The lowest BCUT2D eigenvalue weighted by Crippen LogP contribution is -2.41. The largest absolute Gasteiger partial charge is 0.465 e. The van der Waals surface area contributed by atoms with E-state index >= 15 is 0 Å². The Morgan fingerprint density at radius 1 is 1.35 bits per heavy atom. The van der Waals surface area contributed by atoms with Crippen LogP contribution in [0.25, 0.3) is 0 Å². The van der Waals surface area contributed by atoms with Crippen molar-refractivity contribution in [3.05, 3.63) is 48.9 Å². The number of hydrogen-bond acceptors (Lipinski definition) is 6. The predicted octanol–water partition coefficient (Wildman–Crippen LogP) is 5.90. The number of benzene rings is 1. The Kier molecular flexibility index (Phi) is 7.54. The van der Waals surface area contributed by atoms with Crippen LogP contribution >= 0.6 is 45.5 Å². The molecule has 0 radical (unpaired) electrons. The number of hydrogen-bond donors (Lipinski definition) is 2. The van der Waals surface area contributed by atoms with E-state index in [1.807, 2.05) is 32.9 Å². The quantitative estimate of drug-likeness (QED) is 0.203. The van der Waals surface area contributed by atoms with Gasteiger partial charge in [0.05, 0.1) is 21.6 Å². The molecule has 2 heterocycles. The minimum Gasteiger partial charge on any atom is -0.465 e. The van der Waals surface area contributed by atoms with E-state index in [-0.39, 0.29) is 24.0 Å². The molecule has 1 aromatic carbocycles. The van der Waals surface area contributed by atoms with Crippen LogP contribution in [0.3, 0.4) is 0 Å². The molecule has 0 amide bonds. The molecule has 1 atom stereocenters. The lowest BCUT2D eigenvalue weighted by atomic mass is 10.0. The number of nitrogens with one attached hydrogen (secondary N) is 2. The highest BCUT2D eigenvalue weighted by molar-refractivity contribution is 14.1. The Bertz CT molecular complexity index is 1060. The molecular formula is C22H24ClIN4O2S. The Labute approximate surface area is 204 Å². The number of carbonyl (C=O) groups is 1. The van der Waals surface area contributed by atoms with Gasteiger partial charge in [0, 0.05) is 16.1 Å². The van der Waals surface area contributed by atoms with Gasteiger partial charge in [0.15, 0.2) is 0 Å². The molecule has 3 rings (SSSR count). The van der Waals surface area contributed by atoms with Crippen molar-refractivity contribution < 1.29 is 9.53 Å². The van der Waals surface area contributed by atoms with Gasteiger partial charge in [0.25, 0.3) is 0 Å². The van der Waals surface area contributed by atoms with Gasteiger partial charge in [-0.1, -0.05) is 37.6 Å². The van der Waals surface area contributed by atoms with Crippen LogP contribution in [0.15, 0.2) is 29.3 Å². The maximum Gasteiger partial charge on any atom is 0.308 e. The number of aliphatic imine (C=N–C) groups is 1. The molecule has 0 bridgehead atoms. The second-order valence-corrected chi connectivity index (χ2v) is 11.0. The molecule has 31 heavy (non-hydrogen) atoms. The normalized spacial score (nSPS) is 16.1. The summed E-state index contributed by atoms with van der Waals surface area (Å²) in [6.07, 6.45) is -0.0580. The second-order valence-electron chi connectivity index (χ2n) is 7.77. The van der Waals surface area contributed by atoms with Gasteiger partial charge in [0.1, 0.15) is 22.7 Å². The van der Waals surface area contributed by atoms with Crippen molar-refractivity contribution in [2.75, 3.05) is 11.5 Å². The summed E-state index contributed by atoms with van der Waals surface area (Å²) in [6.45, 7) is 7.92. The lowest BCUT2D eigenvalue weighted by Gasteiger charge is -2.24. The smallest absolute Gasteiger partial charge is 0.308 e. The first-order chi connectivity index (χ1) is 14.6. The highest BCUT2D eigenvalue weighted by atomic mass is 127. The van der Waals surface area contributed by atoms with E-state index < -0.39 is 12.0 Å². The highest BCUT2D eigenvalue weighted by Gasteiger charge is 2.35. The first kappa shape index (κ1) is 23.9. The molecule has 2 aromatic rings. The zero-order valence-corrected chi connectivity index (χ0v) is 21.5. The minimum absolute atomic E-state index is 0.0580. The van der Waals surface area contributed by atoms with Gasteiger partial charge in [-0.25, -0.2) is 0 Å². The Hall–Kier alpha value is -1.78. The third kappa shape index (κ3) is 5.18. The summed E-state index contributed by atoms with van der Waals surface area (Å²) in [5.74, 6) is 0.123. The standard InChI is InChI=1S/C22H24ClIN4O2S/c1-11(2)10-30-17(29)9-16-21(26)28(13(4)25)22-18(12(3)20(24)31-22)19(27-16)14-5-7-15(23)8-6-14/h5-8,11,16,25-26H,9-10H2,1-4H3/t16-/m0/s1. The zero-order valence-electron chi connectivity index (χ0n) is 17.8. The van der Waals surface area contributed by atoms with E-state index in [9.17, 15) is 4.79 Å². The average molecular weight is 571 g/mol. The van der Waals surface area contributed by atoms with Gasteiger partial charge < -0.3 is 4.74 Å². The van der Waals surface area contributed by atoms with Crippen molar-refractivity contribution in [3.63, 3.8) is 0 Å². The number of rotatable bonds is 5. The van der Waals surface area contributed by atoms with Crippen LogP contribution < -0.4 is 4.90 Å². The fourth-order valence-corrected chi connectivity index (χ4v) is 5.35. The number of amidine groups is 2. The molecule has 6 nitrogen and oxygen atoms in total. The van der Waals surface area contributed by atoms with E-state index in [4.69, 9.17) is 32.1 Å². The molecule has 0 aliphatic carbocycles. The number of anilines is 1. The van der Waals surface area contributed by atoms with E-state index in [0.29, 0.717) is 17.3 Å². The van der Waals surface area contributed by atoms with Crippen LogP contribution in [-0.4, -0.2) is 36.0 Å². The molecule has 0 saturated heterocycles. The van der Waals surface area contributed by atoms with Gasteiger partial charge >= 0.3 is 5.97 Å². The maximum atomic E-state index is 12.5. The van der Waals surface area contributed by atoms with Crippen molar-refractivity contribution in [1.29, 1.82) is 10.8 Å². The molecule has 164 valence electrons. The van der Waals surface area contributed by atoms with E-state index in [1.54, 1.807) is 24.0 Å². The third-order valence-corrected chi connectivity index (χ3v) is 7.53. The first-order valence-electron chi connectivity index (χ1n) is 9.82. The molecule has 1 aliphatic heterocycles. The Morgan fingerprint density at radius 2 is 2.00 bits per heavy atom. The summed E-state index contributed by atoms with van der Waals surface area (Å²) in [5, 5.41) is 18.6. The SMILES string of the molecule is CC(=N)N1C(=N)[C@H](CC(=O)OCC(C)C)N=C(c2ccc(Cl)cc2)c2c1sc(I)c2C. The van der Waals surface area contributed by atoms with E-state index in [1.165, 1.54) is 11.3 Å². The van der Waals surface area contributed by atoms with E-state index in [0.717, 1.165) is 24.6 Å².